The number of carbonyl (C=O) groups is 3. The first kappa shape index (κ1) is 27.0. The molecule has 0 radical (unpaired) electrons. The Hall–Kier alpha value is -2.54. The molecule has 1 aromatic rings. The summed E-state index contributed by atoms with van der Waals surface area (Å²) in [5.41, 5.74) is 3.00. The number of pyridine rings is 1. The molecule has 7 heteroatoms. The summed E-state index contributed by atoms with van der Waals surface area (Å²) in [6, 6.07) is 3.61. The van der Waals surface area contributed by atoms with Gasteiger partial charge in [0.15, 0.2) is 5.78 Å². The number of ether oxygens (including phenoxy) is 1. The number of amides is 1. The van der Waals surface area contributed by atoms with E-state index in [0.29, 0.717) is 29.7 Å². The van der Waals surface area contributed by atoms with Gasteiger partial charge in [0.05, 0.1) is 12.5 Å². The van der Waals surface area contributed by atoms with Crippen LogP contribution in [0.1, 0.15) is 95.4 Å². The number of nitrogens with zero attached hydrogens (tertiary/aromatic N) is 1. The van der Waals surface area contributed by atoms with Crippen molar-refractivity contribution >= 4 is 17.7 Å². The smallest absolute Gasteiger partial charge is 0.306 e. The monoisotopic (exact) mass is 522 g/mol. The van der Waals surface area contributed by atoms with Crippen LogP contribution in [-0.2, 0) is 19.1 Å². The Morgan fingerprint density at radius 3 is 2.68 bits per heavy atom. The third-order valence-electron chi connectivity index (χ3n) is 10.5. The summed E-state index contributed by atoms with van der Waals surface area (Å²) < 4.78 is 6.03. The van der Waals surface area contributed by atoms with Gasteiger partial charge in [-0.2, -0.15) is 0 Å². The topological polar surface area (TPSA) is 106 Å². The lowest BCUT2D eigenvalue weighted by Gasteiger charge is -2.57. The van der Waals surface area contributed by atoms with Crippen molar-refractivity contribution in [2.75, 3.05) is 6.54 Å². The van der Waals surface area contributed by atoms with Crippen molar-refractivity contribution < 1.29 is 24.2 Å². The molecule has 2 N–H and O–H groups in total. The molecule has 0 saturated heterocycles. The van der Waals surface area contributed by atoms with E-state index < -0.39 is 6.10 Å². The van der Waals surface area contributed by atoms with E-state index in [0.717, 1.165) is 50.6 Å². The average Bonchev–Trinajstić information content (AvgIpc) is 3.22. The first-order valence-corrected chi connectivity index (χ1v) is 14.4. The van der Waals surface area contributed by atoms with E-state index in [1.807, 2.05) is 19.1 Å². The molecule has 0 bridgehead atoms. The highest BCUT2D eigenvalue weighted by Gasteiger charge is 2.59. The van der Waals surface area contributed by atoms with Crippen molar-refractivity contribution in [3.05, 3.63) is 41.2 Å². The molecule has 38 heavy (non-hydrogen) atoms. The lowest BCUT2D eigenvalue weighted by Crippen LogP contribution is -2.51. The number of fused-ring (bicyclic) bond motifs is 5. The maximum Gasteiger partial charge on any atom is 0.306 e. The molecular weight excluding hydrogens is 480 g/mol. The minimum absolute atomic E-state index is 0.0205. The molecule has 1 aromatic heterocycles. The maximum atomic E-state index is 12.8. The fourth-order valence-electron chi connectivity index (χ4n) is 8.23. The van der Waals surface area contributed by atoms with Crippen LogP contribution < -0.4 is 5.32 Å². The van der Waals surface area contributed by atoms with Crippen LogP contribution in [0.25, 0.3) is 0 Å². The Balaban J connectivity index is 1.12. The molecule has 206 valence electrons. The number of ketones is 1. The van der Waals surface area contributed by atoms with Crippen LogP contribution in [0.15, 0.2) is 30.0 Å². The van der Waals surface area contributed by atoms with Gasteiger partial charge < -0.3 is 15.2 Å². The first-order valence-electron chi connectivity index (χ1n) is 14.4. The van der Waals surface area contributed by atoms with Crippen molar-refractivity contribution in [3.8, 4) is 0 Å². The van der Waals surface area contributed by atoms with Crippen LogP contribution in [0.4, 0.5) is 0 Å². The predicted octanol–water partition coefficient (Wildman–Crippen LogP) is 4.76. The van der Waals surface area contributed by atoms with Gasteiger partial charge in [-0.15, -0.1) is 0 Å². The highest BCUT2D eigenvalue weighted by molar-refractivity contribution is 5.91. The number of aryl methyl sites for hydroxylation is 1. The fraction of sp³-hybridized carbons (Fsp3) is 0.677. The van der Waals surface area contributed by atoms with Gasteiger partial charge >= 0.3 is 5.97 Å². The molecular formula is C31H42N2O5. The number of nitrogens with one attached hydrogen (secondary N) is 1. The Kier molecular flexibility index (Phi) is 7.51. The Bertz CT molecular complexity index is 1110. The van der Waals surface area contributed by atoms with E-state index in [1.54, 1.807) is 12.3 Å². The van der Waals surface area contributed by atoms with E-state index in [9.17, 15) is 19.5 Å². The number of hydrogen-bond donors (Lipinski definition) is 2. The molecule has 1 amide bonds. The van der Waals surface area contributed by atoms with Crippen LogP contribution >= 0.6 is 0 Å². The molecule has 0 spiro atoms. The molecule has 1 heterocycles. The van der Waals surface area contributed by atoms with Crippen LogP contribution in [0, 0.1) is 35.5 Å². The van der Waals surface area contributed by atoms with Gasteiger partial charge in [-0.25, -0.2) is 0 Å². The number of allylic oxidation sites excluding steroid dienone is 1. The predicted molar refractivity (Wildman–Crippen MR) is 143 cm³/mol. The number of rotatable bonds is 7. The van der Waals surface area contributed by atoms with Crippen molar-refractivity contribution in [2.24, 2.45) is 28.6 Å². The van der Waals surface area contributed by atoms with Crippen molar-refractivity contribution in [2.45, 2.75) is 97.2 Å². The summed E-state index contributed by atoms with van der Waals surface area (Å²) in [6.45, 7) is 6.65. The molecule has 4 aliphatic rings. The molecule has 4 aliphatic carbocycles. The second-order valence-corrected chi connectivity index (χ2v) is 12.6. The lowest BCUT2D eigenvalue weighted by molar-refractivity contribution is -0.160. The average molecular weight is 523 g/mol. The van der Waals surface area contributed by atoms with Crippen molar-refractivity contribution in [1.29, 1.82) is 0 Å². The number of carbonyl (C=O) groups excluding carboxylic acids is 3. The van der Waals surface area contributed by atoms with E-state index in [1.165, 1.54) is 5.57 Å². The highest BCUT2D eigenvalue weighted by atomic mass is 16.5. The molecule has 0 unspecified atom stereocenters. The third kappa shape index (κ3) is 5.06. The Morgan fingerprint density at radius 2 is 1.92 bits per heavy atom. The Morgan fingerprint density at radius 1 is 1.11 bits per heavy atom. The van der Waals surface area contributed by atoms with Gasteiger partial charge in [0.25, 0.3) is 0 Å². The molecule has 5 rings (SSSR count). The van der Waals surface area contributed by atoms with Gasteiger partial charge in [0.1, 0.15) is 6.10 Å². The van der Waals surface area contributed by atoms with Crippen LogP contribution in [-0.4, -0.2) is 40.4 Å². The largest absolute Gasteiger partial charge is 0.462 e. The van der Waals surface area contributed by atoms with Crippen LogP contribution in [0.3, 0.4) is 0 Å². The second-order valence-electron chi connectivity index (χ2n) is 12.6. The summed E-state index contributed by atoms with van der Waals surface area (Å²) in [4.78, 5) is 41.3. The quantitative estimate of drug-likeness (QED) is 0.500. The zero-order valence-corrected chi connectivity index (χ0v) is 23.0. The minimum Gasteiger partial charge on any atom is -0.462 e. The normalized spacial score (nSPS) is 34.8. The summed E-state index contributed by atoms with van der Waals surface area (Å²) in [5.74, 6) is 1.46. The Labute approximate surface area is 225 Å². The third-order valence-corrected chi connectivity index (χ3v) is 10.5. The number of aliphatic hydroxyl groups excluding tert-OH is 1. The molecule has 7 atom stereocenters. The second kappa shape index (κ2) is 10.6. The van der Waals surface area contributed by atoms with Crippen molar-refractivity contribution in [3.63, 3.8) is 0 Å². The zero-order chi connectivity index (χ0) is 27.1. The standard InChI is InChI=1S/C31H42N2O5/c1-19-4-5-20(17-32-19)26(35)18-33-28(36)10-11-29(37)38-27-9-8-24-23-7-6-21-16-22(34)12-14-30(21,2)25(23)13-15-31(24,27)3/h4-5,16-17,23-27,35H,6-15,18H2,1-3H3,(H,33,36)/t23-,24-,25+,26-,27+,30+,31+/m1/s1. The SMILES string of the molecule is Cc1ccc([C@H](O)CNC(=O)CCC(=O)O[C@H]2CC[C@@H]3[C@H]4CCC5=CC(=O)CC[C@]5(C)[C@H]4CC[C@]23C)cn1. The highest BCUT2D eigenvalue weighted by Crippen LogP contribution is 2.65. The molecule has 3 fully saturated rings. The molecule has 0 aliphatic heterocycles. The summed E-state index contributed by atoms with van der Waals surface area (Å²) in [6.07, 6.45) is 10.6. The van der Waals surface area contributed by atoms with Gasteiger partial charge in [-0.1, -0.05) is 25.5 Å². The summed E-state index contributed by atoms with van der Waals surface area (Å²) in [7, 11) is 0. The molecule has 3 saturated carbocycles. The number of aliphatic hydroxyl groups is 1. The van der Waals surface area contributed by atoms with E-state index in [-0.39, 0.29) is 54.0 Å². The van der Waals surface area contributed by atoms with E-state index >= 15 is 0 Å². The van der Waals surface area contributed by atoms with E-state index in [2.05, 4.69) is 24.1 Å². The van der Waals surface area contributed by atoms with Gasteiger partial charge in [0, 0.05) is 42.3 Å². The van der Waals surface area contributed by atoms with E-state index in [4.69, 9.17) is 4.74 Å². The molecule has 7 nitrogen and oxygen atoms in total. The fourth-order valence-corrected chi connectivity index (χ4v) is 8.23. The van der Waals surface area contributed by atoms with Gasteiger partial charge in [-0.3, -0.25) is 19.4 Å². The van der Waals surface area contributed by atoms with Crippen molar-refractivity contribution in [1.82, 2.24) is 10.3 Å². The van der Waals surface area contributed by atoms with Crippen LogP contribution in [0.2, 0.25) is 0 Å². The zero-order valence-electron chi connectivity index (χ0n) is 23.0. The van der Waals surface area contributed by atoms with Gasteiger partial charge in [-0.05, 0) is 87.2 Å². The van der Waals surface area contributed by atoms with Crippen LogP contribution in [0.5, 0.6) is 0 Å². The maximum absolute atomic E-state index is 12.8. The number of esters is 1. The lowest BCUT2D eigenvalue weighted by atomic mass is 9.47. The van der Waals surface area contributed by atoms with Gasteiger partial charge in [0.2, 0.25) is 5.91 Å². The minimum atomic E-state index is -0.841. The number of hydrogen-bond acceptors (Lipinski definition) is 6. The molecule has 0 aromatic carbocycles. The summed E-state index contributed by atoms with van der Waals surface area (Å²) in [5, 5.41) is 13.0. The number of aromatic nitrogens is 1. The summed E-state index contributed by atoms with van der Waals surface area (Å²) >= 11 is 0. The first-order chi connectivity index (χ1) is 18.1.